The summed E-state index contributed by atoms with van der Waals surface area (Å²) >= 11 is 3.30. The van der Waals surface area contributed by atoms with Crippen molar-refractivity contribution in [1.29, 1.82) is 0 Å². The van der Waals surface area contributed by atoms with Crippen LogP contribution in [-0.2, 0) is 10.0 Å². The Kier molecular flexibility index (Phi) is 6.27. The Labute approximate surface area is 134 Å². The molecule has 2 rings (SSSR count). The first-order chi connectivity index (χ1) is 8.96. The van der Waals surface area contributed by atoms with E-state index in [4.69, 9.17) is 4.74 Å². The van der Waals surface area contributed by atoms with Crippen LogP contribution in [0.15, 0.2) is 27.6 Å². The van der Waals surface area contributed by atoms with E-state index in [0.29, 0.717) is 29.9 Å². The Morgan fingerprint density at radius 3 is 2.75 bits per heavy atom. The zero-order valence-corrected chi connectivity index (χ0v) is 14.5. The summed E-state index contributed by atoms with van der Waals surface area (Å²) in [5, 5.41) is 3.18. The maximum Gasteiger partial charge on any atom is 0.244 e. The van der Waals surface area contributed by atoms with Gasteiger partial charge in [0.25, 0.3) is 0 Å². The fraction of sp³-hybridized carbons (Fsp3) is 0.500. The van der Waals surface area contributed by atoms with Crippen molar-refractivity contribution < 1.29 is 13.2 Å². The highest BCUT2D eigenvalue weighted by Gasteiger charge is 2.32. The van der Waals surface area contributed by atoms with Gasteiger partial charge in [-0.2, -0.15) is 4.31 Å². The Hall–Kier alpha value is -0.340. The van der Waals surface area contributed by atoms with Gasteiger partial charge in [0.2, 0.25) is 10.0 Å². The summed E-state index contributed by atoms with van der Waals surface area (Å²) in [4.78, 5) is 0.251. The SMILES string of the molecule is COc1ccc(Br)c(S(=O)(=O)N2CCNCC2C)c1.Cl. The lowest BCUT2D eigenvalue weighted by molar-refractivity contribution is 0.283. The van der Waals surface area contributed by atoms with Crippen molar-refractivity contribution in [2.24, 2.45) is 0 Å². The molecule has 0 aliphatic carbocycles. The second-order valence-corrected chi connectivity index (χ2v) is 7.18. The first-order valence-electron chi connectivity index (χ1n) is 6.03. The summed E-state index contributed by atoms with van der Waals surface area (Å²) in [7, 11) is -1.99. The summed E-state index contributed by atoms with van der Waals surface area (Å²) in [6.45, 7) is 3.72. The topological polar surface area (TPSA) is 58.6 Å². The molecule has 0 bridgehead atoms. The van der Waals surface area contributed by atoms with Crippen LogP contribution in [0.5, 0.6) is 5.75 Å². The number of hydrogen-bond donors (Lipinski definition) is 1. The number of nitrogens with zero attached hydrogens (tertiary/aromatic N) is 1. The van der Waals surface area contributed by atoms with E-state index in [1.54, 1.807) is 18.2 Å². The Balaban J connectivity index is 0.00000200. The maximum absolute atomic E-state index is 12.7. The number of rotatable bonds is 3. The van der Waals surface area contributed by atoms with Crippen LogP contribution in [0.25, 0.3) is 0 Å². The normalized spacial score (nSPS) is 20.2. The van der Waals surface area contributed by atoms with Gasteiger partial charge in [0.05, 0.1) is 7.11 Å². The quantitative estimate of drug-likeness (QED) is 0.863. The van der Waals surface area contributed by atoms with Crippen molar-refractivity contribution in [3.05, 3.63) is 22.7 Å². The first kappa shape index (κ1) is 17.7. The van der Waals surface area contributed by atoms with E-state index in [-0.39, 0.29) is 23.3 Å². The molecule has 0 saturated carbocycles. The highest BCUT2D eigenvalue weighted by molar-refractivity contribution is 9.10. The van der Waals surface area contributed by atoms with E-state index < -0.39 is 10.0 Å². The standard InChI is InChI=1S/C12H17BrN2O3S.ClH/c1-9-8-14-5-6-15(9)19(16,17)12-7-10(18-2)3-4-11(12)13;/h3-4,7,9,14H,5-6,8H2,1-2H3;1H. The number of halogens is 2. The molecular formula is C12H18BrClN2O3S. The molecule has 1 aliphatic rings. The molecule has 0 spiro atoms. The van der Waals surface area contributed by atoms with Crippen molar-refractivity contribution in [1.82, 2.24) is 9.62 Å². The molecule has 5 nitrogen and oxygen atoms in total. The average Bonchev–Trinajstić information content (AvgIpc) is 2.39. The molecule has 0 amide bonds. The highest BCUT2D eigenvalue weighted by Crippen LogP contribution is 2.30. The summed E-state index contributed by atoms with van der Waals surface area (Å²) in [6.07, 6.45) is 0. The Bertz CT molecular complexity index is 568. The van der Waals surface area contributed by atoms with Crippen LogP contribution in [0, 0.1) is 0 Å². The molecule has 20 heavy (non-hydrogen) atoms. The molecule has 0 aromatic heterocycles. The minimum absolute atomic E-state index is 0. The van der Waals surface area contributed by atoms with Gasteiger partial charge in [-0.15, -0.1) is 12.4 Å². The summed E-state index contributed by atoms with van der Waals surface area (Å²) in [6, 6.07) is 4.91. The van der Waals surface area contributed by atoms with Gasteiger partial charge >= 0.3 is 0 Å². The molecule has 1 heterocycles. The van der Waals surface area contributed by atoms with Crippen LogP contribution in [0.4, 0.5) is 0 Å². The highest BCUT2D eigenvalue weighted by atomic mass is 79.9. The van der Waals surface area contributed by atoms with Crippen molar-refractivity contribution >= 4 is 38.4 Å². The lowest BCUT2D eigenvalue weighted by Gasteiger charge is -2.33. The molecular weight excluding hydrogens is 368 g/mol. The monoisotopic (exact) mass is 384 g/mol. The van der Waals surface area contributed by atoms with E-state index >= 15 is 0 Å². The van der Waals surface area contributed by atoms with Crippen LogP contribution in [0.3, 0.4) is 0 Å². The average molecular weight is 386 g/mol. The lowest BCUT2D eigenvalue weighted by atomic mass is 10.3. The van der Waals surface area contributed by atoms with Crippen LogP contribution in [0.2, 0.25) is 0 Å². The zero-order chi connectivity index (χ0) is 14.0. The fourth-order valence-corrected chi connectivity index (χ4v) is 4.69. The molecule has 1 aromatic carbocycles. The summed E-state index contributed by atoms with van der Waals surface area (Å²) in [5.41, 5.74) is 0. The van der Waals surface area contributed by atoms with Gasteiger partial charge in [0.15, 0.2) is 0 Å². The molecule has 1 aliphatic heterocycles. The molecule has 1 aromatic rings. The number of sulfonamides is 1. The third-order valence-corrected chi connectivity index (χ3v) is 6.17. The van der Waals surface area contributed by atoms with E-state index in [2.05, 4.69) is 21.2 Å². The van der Waals surface area contributed by atoms with Crippen LogP contribution in [-0.4, -0.2) is 45.5 Å². The number of nitrogens with one attached hydrogen (secondary N) is 1. The van der Waals surface area contributed by atoms with Gasteiger partial charge in [-0.25, -0.2) is 8.42 Å². The molecule has 1 fully saturated rings. The minimum Gasteiger partial charge on any atom is -0.497 e. The van der Waals surface area contributed by atoms with E-state index in [9.17, 15) is 8.42 Å². The largest absolute Gasteiger partial charge is 0.497 e. The number of piperazine rings is 1. The molecule has 114 valence electrons. The van der Waals surface area contributed by atoms with Crippen LogP contribution >= 0.6 is 28.3 Å². The van der Waals surface area contributed by atoms with E-state index in [1.807, 2.05) is 6.92 Å². The van der Waals surface area contributed by atoms with Gasteiger partial charge in [-0.3, -0.25) is 0 Å². The zero-order valence-electron chi connectivity index (χ0n) is 11.3. The Morgan fingerprint density at radius 1 is 1.45 bits per heavy atom. The third kappa shape index (κ3) is 3.46. The molecule has 1 unspecified atom stereocenters. The van der Waals surface area contributed by atoms with Crippen LogP contribution < -0.4 is 10.1 Å². The van der Waals surface area contributed by atoms with Gasteiger partial charge in [-0.05, 0) is 35.0 Å². The fourth-order valence-electron chi connectivity index (χ4n) is 2.11. The van der Waals surface area contributed by atoms with Gasteiger partial charge in [0.1, 0.15) is 10.6 Å². The smallest absolute Gasteiger partial charge is 0.244 e. The van der Waals surface area contributed by atoms with Crippen molar-refractivity contribution in [3.63, 3.8) is 0 Å². The van der Waals surface area contributed by atoms with E-state index in [0.717, 1.165) is 0 Å². The van der Waals surface area contributed by atoms with Gasteiger partial charge < -0.3 is 10.1 Å². The summed E-state index contributed by atoms with van der Waals surface area (Å²) in [5.74, 6) is 0.532. The molecule has 1 N–H and O–H groups in total. The number of hydrogen-bond acceptors (Lipinski definition) is 4. The number of benzene rings is 1. The van der Waals surface area contributed by atoms with Crippen molar-refractivity contribution in [3.8, 4) is 5.75 Å². The van der Waals surface area contributed by atoms with Gasteiger partial charge in [0, 0.05) is 36.2 Å². The number of methoxy groups -OCH3 is 1. The summed E-state index contributed by atoms with van der Waals surface area (Å²) < 4.78 is 32.6. The van der Waals surface area contributed by atoms with Crippen molar-refractivity contribution in [2.45, 2.75) is 17.9 Å². The van der Waals surface area contributed by atoms with Crippen molar-refractivity contribution in [2.75, 3.05) is 26.7 Å². The molecule has 1 atom stereocenters. The Morgan fingerprint density at radius 2 is 2.15 bits per heavy atom. The third-order valence-electron chi connectivity index (χ3n) is 3.17. The first-order valence-corrected chi connectivity index (χ1v) is 8.26. The lowest BCUT2D eigenvalue weighted by Crippen LogP contribution is -2.52. The second kappa shape index (κ2) is 7.09. The minimum atomic E-state index is -3.51. The maximum atomic E-state index is 12.7. The van der Waals surface area contributed by atoms with Gasteiger partial charge in [-0.1, -0.05) is 0 Å². The number of ether oxygens (including phenoxy) is 1. The molecule has 8 heteroatoms. The second-order valence-electron chi connectivity index (χ2n) is 4.47. The predicted molar refractivity (Wildman–Crippen MR) is 84.2 cm³/mol. The predicted octanol–water partition coefficient (Wildman–Crippen LogP) is 1.86. The van der Waals surface area contributed by atoms with Crippen LogP contribution in [0.1, 0.15) is 6.92 Å². The van der Waals surface area contributed by atoms with E-state index in [1.165, 1.54) is 11.4 Å². The molecule has 1 saturated heterocycles. The molecule has 0 radical (unpaired) electrons.